The number of hydrogen-bond donors (Lipinski definition) is 0. The topological polar surface area (TPSA) is 61.8 Å². The molecule has 0 spiro atoms. The molecular formula is C57H92O5. The van der Waals surface area contributed by atoms with E-state index in [2.05, 4.69) is 142 Å². The van der Waals surface area contributed by atoms with Gasteiger partial charge in [0.15, 0.2) is 6.10 Å². The van der Waals surface area contributed by atoms with Crippen molar-refractivity contribution in [2.24, 2.45) is 0 Å². The molecule has 0 N–H and O–H groups in total. The fourth-order valence-electron chi connectivity index (χ4n) is 6.29. The molecule has 0 saturated heterocycles. The Bertz CT molecular complexity index is 1290. The van der Waals surface area contributed by atoms with Gasteiger partial charge in [-0.15, -0.1) is 0 Å². The van der Waals surface area contributed by atoms with Crippen molar-refractivity contribution < 1.29 is 23.8 Å². The minimum Gasteiger partial charge on any atom is -0.462 e. The van der Waals surface area contributed by atoms with Crippen LogP contribution in [0.25, 0.3) is 0 Å². The Kier molecular flexibility index (Phi) is 48.6. The van der Waals surface area contributed by atoms with Crippen LogP contribution < -0.4 is 0 Å². The third-order valence-electron chi connectivity index (χ3n) is 9.94. The summed E-state index contributed by atoms with van der Waals surface area (Å²) in [5.41, 5.74) is 0. The third kappa shape index (κ3) is 49.0. The van der Waals surface area contributed by atoms with Gasteiger partial charge in [0.1, 0.15) is 6.61 Å². The minimum atomic E-state index is -0.581. The van der Waals surface area contributed by atoms with Gasteiger partial charge in [-0.3, -0.25) is 9.59 Å². The second-order valence-corrected chi connectivity index (χ2v) is 15.9. The SMILES string of the molecule is CC/C=C\C/C=C\C/C=C\C/C=C\CCCCCCC(=O)OCC(COCCCCCCCC/C=C\C/C=C\CCC)OC(=O)CCCC/C=C\C/C=C\C/C=C\C/C=C\CC. The molecule has 62 heavy (non-hydrogen) atoms. The smallest absolute Gasteiger partial charge is 0.306 e. The molecule has 0 amide bonds. The van der Waals surface area contributed by atoms with Crippen molar-refractivity contribution >= 4 is 11.9 Å². The number of ether oxygens (including phenoxy) is 3. The van der Waals surface area contributed by atoms with E-state index >= 15 is 0 Å². The first-order valence-electron chi connectivity index (χ1n) is 25.1. The zero-order valence-electron chi connectivity index (χ0n) is 40.1. The Morgan fingerprint density at radius 3 is 1.19 bits per heavy atom. The Balaban J connectivity index is 4.43. The van der Waals surface area contributed by atoms with Crippen LogP contribution in [-0.2, 0) is 23.8 Å². The van der Waals surface area contributed by atoms with Crippen LogP contribution in [0.1, 0.15) is 201 Å². The molecule has 0 saturated carbocycles. The highest BCUT2D eigenvalue weighted by molar-refractivity contribution is 5.70. The molecular weight excluding hydrogens is 765 g/mol. The zero-order chi connectivity index (χ0) is 44.9. The fraction of sp³-hybridized carbons (Fsp3) is 0.614. The molecule has 0 bridgehead atoms. The average Bonchev–Trinajstić information content (AvgIpc) is 3.27. The molecule has 5 nitrogen and oxygen atoms in total. The van der Waals surface area contributed by atoms with Crippen molar-refractivity contribution in [3.05, 3.63) is 122 Å². The average molecular weight is 857 g/mol. The van der Waals surface area contributed by atoms with Gasteiger partial charge in [0, 0.05) is 19.4 Å². The van der Waals surface area contributed by atoms with Crippen LogP contribution in [-0.4, -0.2) is 37.9 Å². The lowest BCUT2D eigenvalue weighted by atomic mass is 10.1. The summed E-state index contributed by atoms with van der Waals surface area (Å²) in [6.45, 7) is 7.42. The Morgan fingerprint density at radius 2 is 0.726 bits per heavy atom. The molecule has 0 radical (unpaired) electrons. The summed E-state index contributed by atoms with van der Waals surface area (Å²) in [5.74, 6) is -0.488. The molecule has 1 unspecified atom stereocenters. The number of rotatable bonds is 44. The van der Waals surface area contributed by atoms with E-state index in [0.29, 0.717) is 19.4 Å². The van der Waals surface area contributed by atoms with Crippen molar-refractivity contribution in [1.82, 2.24) is 0 Å². The Hall–Kier alpha value is -3.70. The molecule has 0 aromatic heterocycles. The van der Waals surface area contributed by atoms with Crippen LogP contribution >= 0.6 is 0 Å². The van der Waals surface area contributed by atoms with E-state index in [1.54, 1.807) is 0 Å². The molecule has 0 aromatic rings. The summed E-state index contributed by atoms with van der Waals surface area (Å²) in [6.07, 6.45) is 72.0. The van der Waals surface area contributed by atoms with Crippen molar-refractivity contribution in [2.75, 3.05) is 19.8 Å². The maximum atomic E-state index is 12.8. The second-order valence-electron chi connectivity index (χ2n) is 15.9. The summed E-state index contributed by atoms with van der Waals surface area (Å²) in [6, 6.07) is 0. The van der Waals surface area contributed by atoms with Gasteiger partial charge in [-0.05, 0) is 122 Å². The number of unbranched alkanes of at least 4 members (excludes halogenated alkanes) is 13. The lowest BCUT2D eigenvalue weighted by Gasteiger charge is -2.18. The van der Waals surface area contributed by atoms with Crippen LogP contribution in [0, 0.1) is 0 Å². The predicted octanol–water partition coefficient (Wildman–Crippen LogP) is 17.0. The highest BCUT2D eigenvalue weighted by Crippen LogP contribution is 2.11. The normalized spacial score (nSPS) is 13.3. The number of hydrogen-bond acceptors (Lipinski definition) is 5. The van der Waals surface area contributed by atoms with Gasteiger partial charge in [-0.2, -0.15) is 0 Å². The molecule has 0 rings (SSSR count). The summed E-state index contributed by atoms with van der Waals surface area (Å²) in [7, 11) is 0. The van der Waals surface area contributed by atoms with Gasteiger partial charge in [-0.25, -0.2) is 0 Å². The van der Waals surface area contributed by atoms with Gasteiger partial charge in [0.05, 0.1) is 6.61 Å². The molecule has 0 heterocycles. The van der Waals surface area contributed by atoms with E-state index in [4.69, 9.17) is 14.2 Å². The van der Waals surface area contributed by atoms with Gasteiger partial charge in [0.25, 0.3) is 0 Å². The van der Waals surface area contributed by atoms with Crippen LogP contribution in [0.4, 0.5) is 0 Å². The van der Waals surface area contributed by atoms with Crippen LogP contribution in [0.5, 0.6) is 0 Å². The number of esters is 2. The maximum absolute atomic E-state index is 12.8. The lowest BCUT2D eigenvalue weighted by Crippen LogP contribution is -2.30. The monoisotopic (exact) mass is 857 g/mol. The van der Waals surface area contributed by atoms with Crippen molar-refractivity contribution in [2.45, 2.75) is 207 Å². The standard InChI is InChI=1S/C57H92O5/c1-4-7-10-13-16-19-22-25-28-29-31-32-35-38-41-44-47-50-56(58)61-54-55(53-60-52-49-46-43-40-37-34-27-24-21-18-15-12-9-6-3)62-57(59)51-48-45-42-39-36-33-30-26-23-20-17-14-11-8-5-2/h7-8,10-12,15-17,19-21,24-26,28,30-32,36,39,55H,4-6,9,13-14,18,22-23,27,29,33-35,37-38,40-54H2,1-3H3/b10-7-,11-8-,15-12-,19-16-,20-17-,24-21-,28-25-,30-26-,32-31-,39-36-. The molecule has 350 valence electrons. The molecule has 5 heteroatoms. The highest BCUT2D eigenvalue weighted by Gasteiger charge is 2.17. The summed E-state index contributed by atoms with van der Waals surface area (Å²) in [4.78, 5) is 25.4. The van der Waals surface area contributed by atoms with E-state index < -0.39 is 6.10 Å². The van der Waals surface area contributed by atoms with E-state index in [1.165, 1.54) is 38.5 Å². The molecule has 0 fully saturated rings. The molecule has 0 aliphatic heterocycles. The highest BCUT2D eigenvalue weighted by atomic mass is 16.6. The molecule has 0 aliphatic carbocycles. The second kappa shape index (κ2) is 51.6. The first-order valence-corrected chi connectivity index (χ1v) is 25.1. The number of allylic oxidation sites excluding steroid dienone is 20. The summed E-state index contributed by atoms with van der Waals surface area (Å²) in [5, 5.41) is 0. The Morgan fingerprint density at radius 1 is 0.371 bits per heavy atom. The largest absolute Gasteiger partial charge is 0.462 e. The quantitative estimate of drug-likeness (QED) is 0.0347. The number of carbonyl (C=O) groups excluding carboxylic acids is 2. The fourth-order valence-corrected chi connectivity index (χ4v) is 6.29. The molecule has 0 aromatic carbocycles. The molecule has 0 aliphatic rings. The van der Waals surface area contributed by atoms with Gasteiger partial charge in [-0.1, -0.05) is 187 Å². The lowest BCUT2D eigenvalue weighted by molar-refractivity contribution is -0.163. The first-order chi connectivity index (χ1) is 30.6. The van der Waals surface area contributed by atoms with Gasteiger partial charge < -0.3 is 14.2 Å². The summed E-state index contributed by atoms with van der Waals surface area (Å²) < 4.78 is 17.3. The van der Waals surface area contributed by atoms with Crippen molar-refractivity contribution in [1.29, 1.82) is 0 Å². The van der Waals surface area contributed by atoms with Crippen LogP contribution in [0.15, 0.2) is 122 Å². The van der Waals surface area contributed by atoms with Crippen LogP contribution in [0.3, 0.4) is 0 Å². The van der Waals surface area contributed by atoms with E-state index in [0.717, 1.165) is 128 Å². The first kappa shape index (κ1) is 58.3. The third-order valence-corrected chi connectivity index (χ3v) is 9.94. The molecule has 1 atom stereocenters. The van der Waals surface area contributed by atoms with Gasteiger partial charge in [0.2, 0.25) is 0 Å². The number of carbonyl (C=O) groups is 2. The van der Waals surface area contributed by atoms with E-state index in [-0.39, 0.29) is 25.2 Å². The van der Waals surface area contributed by atoms with Crippen LogP contribution in [0.2, 0.25) is 0 Å². The van der Waals surface area contributed by atoms with Crippen molar-refractivity contribution in [3.8, 4) is 0 Å². The predicted molar refractivity (Wildman–Crippen MR) is 269 cm³/mol. The van der Waals surface area contributed by atoms with E-state index in [9.17, 15) is 9.59 Å². The Labute approximate surface area is 382 Å². The van der Waals surface area contributed by atoms with E-state index in [1.807, 2.05) is 0 Å². The minimum absolute atomic E-state index is 0.0435. The van der Waals surface area contributed by atoms with Gasteiger partial charge >= 0.3 is 11.9 Å². The van der Waals surface area contributed by atoms with Crippen molar-refractivity contribution in [3.63, 3.8) is 0 Å². The summed E-state index contributed by atoms with van der Waals surface area (Å²) >= 11 is 0. The zero-order valence-corrected chi connectivity index (χ0v) is 40.1. The maximum Gasteiger partial charge on any atom is 0.306 e.